The zero-order chi connectivity index (χ0) is 31.1. The largest absolute Gasteiger partial charge is 0.480 e. The van der Waals surface area contributed by atoms with Crippen LogP contribution in [0.5, 0.6) is 0 Å². The van der Waals surface area contributed by atoms with Gasteiger partial charge in [-0.25, -0.2) is 4.79 Å². The van der Waals surface area contributed by atoms with Gasteiger partial charge in [-0.3, -0.25) is 19.4 Å². The molecule has 0 aliphatic carbocycles. The second kappa shape index (κ2) is 17.4. The molecule has 5 atom stereocenters. The molecular weight excluding hydrogens is 538 g/mol. The van der Waals surface area contributed by atoms with Gasteiger partial charge in [0.15, 0.2) is 5.96 Å². The van der Waals surface area contributed by atoms with Gasteiger partial charge in [0.1, 0.15) is 18.1 Å². The van der Waals surface area contributed by atoms with Crippen molar-refractivity contribution in [3.63, 3.8) is 0 Å². The van der Waals surface area contributed by atoms with Gasteiger partial charge in [-0.1, -0.05) is 80.9 Å². The van der Waals surface area contributed by atoms with Gasteiger partial charge in [0.25, 0.3) is 0 Å². The molecule has 0 radical (unpaired) electrons. The highest BCUT2D eigenvalue weighted by Crippen LogP contribution is 2.11. The summed E-state index contributed by atoms with van der Waals surface area (Å²) in [5.74, 6) is -3.41. The van der Waals surface area contributed by atoms with Crippen molar-refractivity contribution in [2.24, 2.45) is 28.1 Å². The second-order valence-electron chi connectivity index (χ2n) is 10.3. The lowest BCUT2D eigenvalue weighted by molar-refractivity contribution is -0.143. The van der Waals surface area contributed by atoms with Gasteiger partial charge in [0, 0.05) is 13.0 Å². The number of hydrogen-bond donors (Lipinski definition) is 7. The van der Waals surface area contributed by atoms with E-state index in [0.717, 1.165) is 11.1 Å². The minimum absolute atomic E-state index is 0.0983. The van der Waals surface area contributed by atoms with Crippen molar-refractivity contribution < 1.29 is 24.3 Å². The molecule has 3 amide bonds. The van der Waals surface area contributed by atoms with E-state index in [1.165, 1.54) is 0 Å². The van der Waals surface area contributed by atoms with E-state index in [-0.39, 0.29) is 37.7 Å². The van der Waals surface area contributed by atoms with Crippen LogP contribution in [0.2, 0.25) is 0 Å². The number of carbonyl (C=O) groups is 4. The Morgan fingerprint density at radius 3 is 1.86 bits per heavy atom. The van der Waals surface area contributed by atoms with Crippen LogP contribution in [-0.4, -0.2) is 65.5 Å². The van der Waals surface area contributed by atoms with Gasteiger partial charge in [-0.15, -0.1) is 0 Å². The average molecular weight is 582 g/mol. The molecule has 0 spiro atoms. The van der Waals surface area contributed by atoms with Crippen molar-refractivity contribution in [1.29, 1.82) is 0 Å². The smallest absolute Gasteiger partial charge is 0.326 e. The third-order valence-electron chi connectivity index (χ3n) is 6.91. The molecule has 0 aliphatic heterocycles. The van der Waals surface area contributed by atoms with Crippen LogP contribution in [0.15, 0.2) is 65.7 Å². The minimum Gasteiger partial charge on any atom is -0.480 e. The molecule has 0 saturated heterocycles. The van der Waals surface area contributed by atoms with E-state index in [0.29, 0.717) is 12.8 Å². The van der Waals surface area contributed by atoms with Gasteiger partial charge in [-0.05, 0) is 36.3 Å². The van der Waals surface area contributed by atoms with Crippen molar-refractivity contribution in [3.8, 4) is 0 Å². The zero-order valence-corrected chi connectivity index (χ0v) is 24.2. The van der Waals surface area contributed by atoms with Crippen LogP contribution in [-0.2, 0) is 32.0 Å². The summed E-state index contributed by atoms with van der Waals surface area (Å²) in [6, 6.07) is 14.0. The number of nitrogens with two attached hydrogens (primary N) is 3. The highest BCUT2D eigenvalue weighted by atomic mass is 16.4. The first-order valence-corrected chi connectivity index (χ1v) is 14.0. The summed E-state index contributed by atoms with van der Waals surface area (Å²) in [7, 11) is 0. The predicted molar refractivity (Wildman–Crippen MR) is 161 cm³/mol. The van der Waals surface area contributed by atoms with Gasteiger partial charge < -0.3 is 38.3 Å². The van der Waals surface area contributed by atoms with E-state index < -0.39 is 47.9 Å². The third kappa shape index (κ3) is 11.6. The first kappa shape index (κ1) is 33.8. The van der Waals surface area contributed by atoms with Crippen molar-refractivity contribution in [1.82, 2.24) is 16.0 Å². The fraction of sp³-hybridized carbons (Fsp3) is 0.433. The predicted octanol–water partition coefficient (Wildman–Crippen LogP) is 0.438. The molecule has 0 fully saturated rings. The van der Waals surface area contributed by atoms with Crippen LogP contribution in [0.25, 0.3) is 0 Å². The monoisotopic (exact) mass is 581 g/mol. The summed E-state index contributed by atoms with van der Waals surface area (Å²) in [6.07, 6.45) is 1.42. The number of rotatable bonds is 17. The molecule has 2 aromatic rings. The summed E-state index contributed by atoms with van der Waals surface area (Å²) < 4.78 is 0. The molecule has 5 unspecified atom stereocenters. The molecule has 42 heavy (non-hydrogen) atoms. The van der Waals surface area contributed by atoms with E-state index in [4.69, 9.17) is 17.2 Å². The number of nitrogens with zero attached hydrogens (tertiary/aromatic N) is 1. The summed E-state index contributed by atoms with van der Waals surface area (Å²) in [5.41, 5.74) is 18.6. The molecular formula is C30H43N7O5. The Morgan fingerprint density at radius 1 is 0.810 bits per heavy atom. The zero-order valence-electron chi connectivity index (χ0n) is 24.2. The van der Waals surface area contributed by atoms with Crippen LogP contribution < -0.4 is 33.2 Å². The van der Waals surface area contributed by atoms with Crippen molar-refractivity contribution >= 4 is 29.7 Å². The quantitative estimate of drug-likeness (QED) is 0.0788. The SMILES string of the molecule is CCC(C)C(NC(=O)C(Cc1ccccc1)NC(=O)C(CCCN=C(N)N)NC(=O)C(N)Cc1ccccc1)C(=O)O. The highest BCUT2D eigenvalue weighted by molar-refractivity contribution is 5.94. The lowest BCUT2D eigenvalue weighted by atomic mass is 9.98. The molecule has 2 rings (SSSR count). The third-order valence-corrected chi connectivity index (χ3v) is 6.91. The first-order valence-electron chi connectivity index (χ1n) is 14.0. The summed E-state index contributed by atoms with van der Waals surface area (Å²) in [4.78, 5) is 55.7. The lowest BCUT2D eigenvalue weighted by Gasteiger charge is -2.26. The number of carboxylic acid groups (broad SMARTS) is 1. The highest BCUT2D eigenvalue weighted by Gasteiger charge is 2.32. The van der Waals surface area contributed by atoms with Gasteiger partial charge in [0.2, 0.25) is 17.7 Å². The van der Waals surface area contributed by atoms with Crippen LogP contribution in [0, 0.1) is 5.92 Å². The van der Waals surface area contributed by atoms with E-state index in [9.17, 15) is 24.3 Å². The second-order valence-corrected chi connectivity index (χ2v) is 10.3. The number of guanidine groups is 1. The van der Waals surface area contributed by atoms with Crippen molar-refractivity contribution in [2.45, 2.75) is 70.1 Å². The molecule has 2 aromatic carbocycles. The van der Waals surface area contributed by atoms with Crippen LogP contribution >= 0.6 is 0 Å². The Balaban J connectivity index is 2.25. The van der Waals surface area contributed by atoms with Crippen LogP contribution in [0.4, 0.5) is 0 Å². The molecule has 12 heteroatoms. The summed E-state index contributed by atoms with van der Waals surface area (Å²) >= 11 is 0. The maximum Gasteiger partial charge on any atom is 0.326 e. The van der Waals surface area contributed by atoms with Crippen LogP contribution in [0.1, 0.15) is 44.2 Å². The topological polar surface area (TPSA) is 215 Å². The Kier molecular flexibility index (Phi) is 14.0. The number of hydrogen-bond acceptors (Lipinski definition) is 6. The standard InChI is InChI=1S/C30H43N7O5/c1-3-19(2)25(29(41)42)37-28(40)24(18-21-13-8-5-9-14-21)36-27(39)23(15-10-16-34-30(32)33)35-26(38)22(31)17-20-11-6-4-7-12-20/h4-9,11-14,19,22-25H,3,10,15-18,31H2,1-2H3,(H,35,38)(H,36,39)(H,37,40)(H,41,42)(H4,32,33,34). The van der Waals surface area contributed by atoms with Crippen molar-refractivity contribution in [2.75, 3.05) is 6.54 Å². The first-order chi connectivity index (χ1) is 20.0. The number of aliphatic imine (C=N–C) groups is 1. The molecule has 10 N–H and O–H groups in total. The Labute approximate surface area is 246 Å². The number of benzene rings is 2. The Bertz CT molecular complexity index is 1190. The van der Waals surface area contributed by atoms with Gasteiger partial charge in [-0.2, -0.15) is 0 Å². The minimum atomic E-state index is -1.17. The Morgan fingerprint density at radius 2 is 1.33 bits per heavy atom. The fourth-order valence-corrected chi connectivity index (χ4v) is 4.28. The van der Waals surface area contributed by atoms with E-state index in [1.807, 2.05) is 43.3 Å². The number of amides is 3. The number of carboxylic acids is 1. The van der Waals surface area contributed by atoms with Crippen molar-refractivity contribution in [3.05, 3.63) is 71.8 Å². The summed E-state index contributed by atoms with van der Waals surface area (Å²) in [6.45, 7) is 3.78. The number of nitrogens with one attached hydrogen (secondary N) is 3. The molecule has 0 aromatic heterocycles. The average Bonchev–Trinajstić information content (AvgIpc) is 2.97. The van der Waals surface area contributed by atoms with E-state index >= 15 is 0 Å². The molecule has 12 nitrogen and oxygen atoms in total. The van der Waals surface area contributed by atoms with Gasteiger partial charge in [0.05, 0.1) is 6.04 Å². The van der Waals surface area contributed by atoms with Gasteiger partial charge >= 0.3 is 5.97 Å². The number of carbonyl (C=O) groups excluding carboxylic acids is 3. The maximum absolute atomic E-state index is 13.6. The lowest BCUT2D eigenvalue weighted by Crippen LogP contribution is -2.58. The summed E-state index contributed by atoms with van der Waals surface area (Å²) in [5, 5.41) is 17.7. The molecule has 0 bridgehead atoms. The fourth-order valence-electron chi connectivity index (χ4n) is 4.28. The van der Waals surface area contributed by atoms with E-state index in [2.05, 4.69) is 20.9 Å². The van der Waals surface area contributed by atoms with Crippen LogP contribution in [0.3, 0.4) is 0 Å². The Hall–Kier alpha value is -4.45. The molecule has 0 heterocycles. The molecule has 228 valence electrons. The molecule has 0 aliphatic rings. The normalized spacial score (nSPS) is 14.4. The molecule has 0 saturated carbocycles. The van der Waals surface area contributed by atoms with E-state index in [1.54, 1.807) is 31.2 Å². The maximum atomic E-state index is 13.6. The number of aliphatic carboxylic acids is 1.